The monoisotopic (exact) mass is 254 g/mol. The van der Waals surface area contributed by atoms with Crippen molar-refractivity contribution in [2.24, 2.45) is 5.92 Å². The Labute approximate surface area is 110 Å². The summed E-state index contributed by atoms with van der Waals surface area (Å²) in [6.07, 6.45) is 4.72. The van der Waals surface area contributed by atoms with Crippen LogP contribution in [0.25, 0.3) is 0 Å². The van der Waals surface area contributed by atoms with Crippen molar-refractivity contribution < 1.29 is 9.53 Å². The highest BCUT2D eigenvalue weighted by Gasteiger charge is 2.28. The third-order valence-electron chi connectivity index (χ3n) is 3.54. The van der Waals surface area contributed by atoms with Crippen LogP contribution in [0.15, 0.2) is 0 Å². The fourth-order valence-corrected chi connectivity index (χ4v) is 2.25. The minimum absolute atomic E-state index is 0.164. The fraction of sp³-hybridized carbons (Fsp3) is 0.929. The van der Waals surface area contributed by atoms with Gasteiger partial charge in [-0.2, -0.15) is 0 Å². The first-order chi connectivity index (χ1) is 8.44. The minimum Gasteiger partial charge on any atom is -0.444 e. The van der Waals surface area contributed by atoms with Gasteiger partial charge >= 0.3 is 6.09 Å². The summed E-state index contributed by atoms with van der Waals surface area (Å²) in [5.41, 5.74) is -0.391. The molecule has 18 heavy (non-hydrogen) atoms. The highest BCUT2D eigenvalue weighted by molar-refractivity contribution is 5.68. The molecular weight excluding hydrogens is 228 g/mol. The Bertz CT molecular complexity index is 287. The van der Waals surface area contributed by atoms with Crippen LogP contribution in [0.4, 0.5) is 4.79 Å². The van der Waals surface area contributed by atoms with Crippen LogP contribution in [0.2, 0.25) is 0 Å². The third-order valence-corrected chi connectivity index (χ3v) is 3.54. The third kappa shape index (κ3) is 4.48. The Kier molecular flexibility index (Phi) is 4.15. The molecule has 2 fully saturated rings. The molecule has 4 heteroatoms. The van der Waals surface area contributed by atoms with Gasteiger partial charge in [-0.3, -0.25) is 0 Å². The van der Waals surface area contributed by atoms with E-state index in [9.17, 15) is 4.79 Å². The van der Waals surface area contributed by atoms with Crippen LogP contribution in [0.5, 0.6) is 0 Å². The molecule has 1 N–H and O–H groups in total. The Morgan fingerprint density at radius 2 is 1.83 bits per heavy atom. The maximum atomic E-state index is 11.9. The number of nitrogens with zero attached hydrogens (tertiary/aromatic N) is 1. The molecule has 1 aliphatic heterocycles. The predicted molar refractivity (Wildman–Crippen MR) is 71.6 cm³/mol. The van der Waals surface area contributed by atoms with Crippen LogP contribution in [0.1, 0.15) is 46.5 Å². The molecule has 0 spiro atoms. The molecule has 2 aliphatic rings. The van der Waals surface area contributed by atoms with Crippen molar-refractivity contribution in [3.63, 3.8) is 0 Å². The number of hydrogen-bond donors (Lipinski definition) is 1. The summed E-state index contributed by atoms with van der Waals surface area (Å²) in [4.78, 5) is 13.7. The zero-order chi connectivity index (χ0) is 13.2. The van der Waals surface area contributed by atoms with Crippen LogP contribution >= 0.6 is 0 Å². The lowest BCUT2D eigenvalue weighted by Gasteiger charge is -2.33. The average molecular weight is 254 g/mol. The van der Waals surface area contributed by atoms with Crippen molar-refractivity contribution >= 4 is 6.09 Å². The van der Waals surface area contributed by atoms with E-state index in [0.717, 1.165) is 38.4 Å². The van der Waals surface area contributed by atoms with Gasteiger partial charge in [-0.05, 0) is 58.9 Å². The number of piperidine rings is 1. The highest BCUT2D eigenvalue weighted by Crippen LogP contribution is 2.28. The average Bonchev–Trinajstić information content (AvgIpc) is 3.08. The number of hydrogen-bond acceptors (Lipinski definition) is 3. The van der Waals surface area contributed by atoms with Gasteiger partial charge in [0.05, 0.1) is 0 Å². The van der Waals surface area contributed by atoms with Gasteiger partial charge in [-0.25, -0.2) is 4.79 Å². The second-order valence-corrected chi connectivity index (χ2v) is 6.59. The highest BCUT2D eigenvalue weighted by atomic mass is 16.6. The summed E-state index contributed by atoms with van der Waals surface area (Å²) in [5.74, 6) is 0.925. The van der Waals surface area contributed by atoms with E-state index in [-0.39, 0.29) is 6.09 Å². The van der Waals surface area contributed by atoms with Crippen molar-refractivity contribution in [3.8, 4) is 0 Å². The van der Waals surface area contributed by atoms with Crippen molar-refractivity contribution in [3.05, 3.63) is 0 Å². The van der Waals surface area contributed by atoms with Gasteiger partial charge in [-0.1, -0.05) is 0 Å². The molecule has 2 rings (SSSR count). The van der Waals surface area contributed by atoms with Crippen LogP contribution in [0.3, 0.4) is 0 Å². The summed E-state index contributed by atoms with van der Waals surface area (Å²) in [6, 6.07) is 0.587. The van der Waals surface area contributed by atoms with Gasteiger partial charge in [0.25, 0.3) is 0 Å². The summed E-state index contributed by atoms with van der Waals surface area (Å²) in [6.45, 7) is 8.53. The number of carbonyl (C=O) groups excluding carboxylic acids is 1. The van der Waals surface area contributed by atoms with E-state index in [1.165, 1.54) is 12.8 Å². The number of ether oxygens (including phenoxy) is 1. The van der Waals surface area contributed by atoms with E-state index < -0.39 is 5.60 Å². The van der Waals surface area contributed by atoms with E-state index in [4.69, 9.17) is 4.74 Å². The molecule has 0 radical (unpaired) electrons. The van der Waals surface area contributed by atoms with Crippen LogP contribution in [-0.4, -0.2) is 42.3 Å². The zero-order valence-electron chi connectivity index (χ0n) is 11.9. The lowest BCUT2D eigenvalue weighted by Crippen LogP contribution is -2.46. The molecule has 1 amide bonds. The maximum Gasteiger partial charge on any atom is 0.410 e. The smallest absolute Gasteiger partial charge is 0.410 e. The van der Waals surface area contributed by atoms with Crippen molar-refractivity contribution in [1.29, 1.82) is 0 Å². The molecule has 104 valence electrons. The Hall–Kier alpha value is -0.770. The van der Waals surface area contributed by atoms with E-state index in [1.807, 2.05) is 25.7 Å². The summed E-state index contributed by atoms with van der Waals surface area (Å²) in [7, 11) is 0. The zero-order valence-corrected chi connectivity index (χ0v) is 11.9. The van der Waals surface area contributed by atoms with Crippen LogP contribution in [0, 0.1) is 5.92 Å². The van der Waals surface area contributed by atoms with Crippen molar-refractivity contribution in [2.45, 2.75) is 58.1 Å². The molecule has 1 saturated heterocycles. The van der Waals surface area contributed by atoms with E-state index in [2.05, 4.69) is 5.32 Å². The number of nitrogens with one attached hydrogen (secondary N) is 1. The maximum absolute atomic E-state index is 11.9. The number of rotatable bonds is 3. The molecule has 0 aromatic heterocycles. The molecule has 1 heterocycles. The first-order valence-electron chi connectivity index (χ1n) is 7.15. The molecule has 0 aromatic carbocycles. The molecule has 0 bridgehead atoms. The molecule has 0 unspecified atom stereocenters. The minimum atomic E-state index is -0.391. The van der Waals surface area contributed by atoms with Crippen LogP contribution in [-0.2, 0) is 4.74 Å². The topological polar surface area (TPSA) is 41.6 Å². The number of carbonyl (C=O) groups is 1. The van der Waals surface area contributed by atoms with Gasteiger partial charge < -0.3 is 15.0 Å². The molecule has 0 aromatic rings. The van der Waals surface area contributed by atoms with Gasteiger partial charge in [-0.15, -0.1) is 0 Å². The largest absolute Gasteiger partial charge is 0.444 e. The SMILES string of the molecule is CC(C)(C)OC(=O)N1CCC(NCC2CC2)CC1. The second kappa shape index (κ2) is 5.47. The molecule has 1 aliphatic carbocycles. The van der Waals surface area contributed by atoms with E-state index in [1.54, 1.807) is 0 Å². The van der Waals surface area contributed by atoms with Gasteiger partial charge in [0.15, 0.2) is 0 Å². The van der Waals surface area contributed by atoms with Gasteiger partial charge in [0.1, 0.15) is 5.60 Å². The lowest BCUT2D eigenvalue weighted by atomic mass is 10.1. The predicted octanol–water partition coefficient (Wildman–Crippen LogP) is 2.39. The normalized spacial score (nSPS) is 22.1. The first-order valence-corrected chi connectivity index (χ1v) is 7.15. The number of amides is 1. The lowest BCUT2D eigenvalue weighted by molar-refractivity contribution is 0.0198. The van der Waals surface area contributed by atoms with Gasteiger partial charge in [0.2, 0.25) is 0 Å². The Morgan fingerprint density at radius 1 is 1.22 bits per heavy atom. The van der Waals surface area contributed by atoms with E-state index >= 15 is 0 Å². The molecule has 1 saturated carbocycles. The Balaban J connectivity index is 1.67. The van der Waals surface area contributed by atoms with Crippen LogP contribution < -0.4 is 5.32 Å². The standard InChI is InChI=1S/C14H26N2O2/c1-14(2,3)18-13(17)16-8-6-12(7-9-16)15-10-11-4-5-11/h11-12,15H,4-10H2,1-3H3. The van der Waals surface area contributed by atoms with E-state index in [0.29, 0.717) is 6.04 Å². The summed E-state index contributed by atoms with van der Waals surface area (Å²) in [5, 5.41) is 3.61. The van der Waals surface area contributed by atoms with Crippen molar-refractivity contribution in [1.82, 2.24) is 10.2 Å². The van der Waals surface area contributed by atoms with Gasteiger partial charge in [0, 0.05) is 19.1 Å². The first kappa shape index (κ1) is 13.7. The fourth-order valence-electron chi connectivity index (χ4n) is 2.25. The van der Waals surface area contributed by atoms with Crippen molar-refractivity contribution in [2.75, 3.05) is 19.6 Å². The Morgan fingerprint density at radius 3 is 2.33 bits per heavy atom. The number of likely N-dealkylation sites (tertiary alicyclic amines) is 1. The second-order valence-electron chi connectivity index (χ2n) is 6.59. The summed E-state index contributed by atoms with van der Waals surface area (Å²) < 4.78 is 5.39. The summed E-state index contributed by atoms with van der Waals surface area (Å²) >= 11 is 0. The quantitative estimate of drug-likeness (QED) is 0.841. The molecule has 4 nitrogen and oxygen atoms in total. The molecule has 0 atom stereocenters. The molecular formula is C14H26N2O2.